The van der Waals surface area contributed by atoms with Crippen molar-refractivity contribution in [3.63, 3.8) is 0 Å². The Morgan fingerprint density at radius 1 is 1.56 bits per heavy atom. The van der Waals surface area contributed by atoms with E-state index in [0.29, 0.717) is 5.69 Å². The lowest BCUT2D eigenvalue weighted by Gasteiger charge is -2.16. The lowest BCUT2D eigenvalue weighted by molar-refractivity contribution is -0.143. The second-order valence-corrected chi connectivity index (χ2v) is 3.31. The zero-order valence-electron chi connectivity index (χ0n) is 9.56. The predicted molar refractivity (Wildman–Crippen MR) is 60.5 cm³/mol. The van der Waals surface area contributed by atoms with Crippen molar-refractivity contribution in [2.45, 2.75) is 0 Å². The van der Waals surface area contributed by atoms with Crippen molar-refractivity contribution in [2.75, 3.05) is 38.4 Å². The molecule has 6 heteroatoms. The van der Waals surface area contributed by atoms with Crippen molar-refractivity contribution in [1.82, 2.24) is 4.98 Å². The smallest absolute Gasteiger partial charge is 0.343 e. The molecule has 0 aliphatic heterocycles. The van der Waals surface area contributed by atoms with E-state index >= 15 is 0 Å². The van der Waals surface area contributed by atoms with Crippen LogP contribution in [0.2, 0.25) is 0 Å². The quantitative estimate of drug-likeness (QED) is 0.742. The Kier molecular flexibility index (Phi) is 3.93. The molecule has 0 aliphatic carbocycles. The molecule has 0 radical (unpaired) electrons. The van der Waals surface area contributed by atoms with E-state index in [1.165, 1.54) is 7.11 Å². The van der Waals surface area contributed by atoms with E-state index in [2.05, 4.69) is 9.72 Å². The molecule has 6 nitrogen and oxygen atoms in total. The molecule has 88 valence electrons. The van der Waals surface area contributed by atoms with E-state index in [1.807, 2.05) is 19.0 Å². The van der Waals surface area contributed by atoms with Crippen molar-refractivity contribution < 1.29 is 14.3 Å². The maximum absolute atomic E-state index is 10.9. The number of methoxy groups -OCH3 is 1. The van der Waals surface area contributed by atoms with Gasteiger partial charge in [-0.25, -0.2) is 9.78 Å². The van der Waals surface area contributed by atoms with Crippen LogP contribution in [0.25, 0.3) is 0 Å². The molecule has 0 saturated carbocycles. The molecule has 0 unspecified atom stereocenters. The van der Waals surface area contributed by atoms with Crippen LogP contribution in [-0.4, -0.2) is 38.8 Å². The van der Waals surface area contributed by atoms with Crippen molar-refractivity contribution >= 4 is 17.3 Å². The highest BCUT2D eigenvalue weighted by Crippen LogP contribution is 2.28. The van der Waals surface area contributed by atoms with Gasteiger partial charge in [0.05, 0.1) is 12.8 Å². The maximum atomic E-state index is 10.9. The molecule has 0 aliphatic rings. The molecule has 16 heavy (non-hydrogen) atoms. The van der Waals surface area contributed by atoms with Crippen molar-refractivity contribution in [3.8, 4) is 5.88 Å². The highest BCUT2D eigenvalue weighted by atomic mass is 16.6. The number of pyridine rings is 1. The van der Waals surface area contributed by atoms with Gasteiger partial charge >= 0.3 is 5.97 Å². The van der Waals surface area contributed by atoms with Gasteiger partial charge in [0.2, 0.25) is 5.88 Å². The topological polar surface area (TPSA) is 77.7 Å². The standard InChI is InChI=1S/C10H15N3O3/c1-13(2)7-4-5-12-10(9(7)11)16-6-8(14)15-3/h4-5H,6,11H2,1-3H3. The largest absolute Gasteiger partial charge is 0.466 e. The number of nitrogens with zero attached hydrogens (tertiary/aromatic N) is 2. The maximum Gasteiger partial charge on any atom is 0.343 e. The Morgan fingerprint density at radius 2 is 2.25 bits per heavy atom. The summed E-state index contributed by atoms with van der Waals surface area (Å²) in [5, 5.41) is 0. The van der Waals surface area contributed by atoms with E-state index in [9.17, 15) is 4.79 Å². The van der Waals surface area contributed by atoms with Gasteiger partial charge in [0.25, 0.3) is 0 Å². The first kappa shape index (κ1) is 12.1. The van der Waals surface area contributed by atoms with Crippen LogP contribution in [0.15, 0.2) is 12.3 Å². The van der Waals surface area contributed by atoms with Crippen LogP contribution in [0.4, 0.5) is 11.4 Å². The van der Waals surface area contributed by atoms with Gasteiger partial charge in [-0.15, -0.1) is 0 Å². The minimum Gasteiger partial charge on any atom is -0.466 e. The molecule has 0 spiro atoms. The van der Waals surface area contributed by atoms with E-state index in [4.69, 9.17) is 10.5 Å². The van der Waals surface area contributed by atoms with Crippen LogP contribution in [0.3, 0.4) is 0 Å². The Bertz CT molecular complexity index is 380. The number of carbonyl (C=O) groups is 1. The summed E-state index contributed by atoms with van der Waals surface area (Å²) < 4.78 is 9.59. The van der Waals surface area contributed by atoms with Crippen LogP contribution >= 0.6 is 0 Å². The van der Waals surface area contributed by atoms with Crippen LogP contribution < -0.4 is 15.4 Å². The molecule has 0 aromatic carbocycles. The molecule has 1 rings (SSSR count). The fourth-order valence-electron chi connectivity index (χ4n) is 1.14. The summed E-state index contributed by atoms with van der Waals surface area (Å²) in [5.74, 6) is -0.243. The number of aromatic nitrogens is 1. The Labute approximate surface area is 94.0 Å². The Hall–Kier alpha value is -1.98. The Morgan fingerprint density at radius 3 is 2.81 bits per heavy atom. The second-order valence-electron chi connectivity index (χ2n) is 3.31. The number of anilines is 2. The van der Waals surface area contributed by atoms with Gasteiger partial charge in [-0.1, -0.05) is 0 Å². The van der Waals surface area contributed by atoms with Crippen LogP contribution in [0, 0.1) is 0 Å². The summed E-state index contributed by atoms with van der Waals surface area (Å²) >= 11 is 0. The van der Waals surface area contributed by atoms with Crippen LogP contribution in [-0.2, 0) is 9.53 Å². The molecule has 2 N–H and O–H groups in total. The average Bonchev–Trinajstić information content (AvgIpc) is 2.26. The minimum atomic E-state index is -0.476. The van der Waals surface area contributed by atoms with E-state index in [1.54, 1.807) is 12.3 Å². The van der Waals surface area contributed by atoms with Gasteiger partial charge in [0.15, 0.2) is 6.61 Å². The van der Waals surface area contributed by atoms with Gasteiger partial charge in [-0.05, 0) is 6.07 Å². The SMILES string of the molecule is COC(=O)COc1nccc(N(C)C)c1N. The highest BCUT2D eigenvalue weighted by Gasteiger charge is 2.10. The number of hydrogen-bond acceptors (Lipinski definition) is 6. The zero-order valence-corrected chi connectivity index (χ0v) is 9.56. The third-order valence-electron chi connectivity index (χ3n) is 1.97. The molecule has 1 aromatic heterocycles. The number of nitrogen functional groups attached to an aromatic ring is 1. The number of ether oxygens (including phenoxy) is 2. The van der Waals surface area contributed by atoms with E-state index in [-0.39, 0.29) is 12.5 Å². The summed E-state index contributed by atoms with van der Waals surface area (Å²) in [6.07, 6.45) is 1.57. The summed E-state index contributed by atoms with van der Waals surface area (Å²) in [5.41, 5.74) is 7.02. The summed E-state index contributed by atoms with van der Waals surface area (Å²) in [4.78, 5) is 16.7. The number of esters is 1. The first-order valence-electron chi connectivity index (χ1n) is 4.67. The van der Waals surface area contributed by atoms with Crippen LogP contribution in [0.5, 0.6) is 5.88 Å². The van der Waals surface area contributed by atoms with Gasteiger partial charge in [0, 0.05) is 20.3 Å². The fourth-order valence-corrected chi connectivity index (χ4v) is 1.14. The summed E-state index contributed by atoms with van der Waals surface area (Å²) in [6, 6.07) is 1.76. The van der Waals surface area contributed by atoms with Gasteiger partial charge in [-0.2, -0.15) is 0 Å². The van der Waals surface area contributed by atoms with Crippen molar-refractivity contribution in [1.29, 1.82) is 0 Å². The first-order valence-corrected chi connectivity index (χ1v) is 4.67. The lowest BCUT2D eigenvalue weighted by Crippen LogP contribution is -2.16. The van der Waals surface area contributed by atoms with Gasteiger partial charge in [-0.3, -0.25) is 0 Å². The second kappa shape index (κ2) is 5.20. The molecule has 0 saturated heterocycles. The molecule has 1 heterocycles. The molecule has 0 fully saturated rings. The monoisotopic (exact) mass is 225 g/mol. The van der Waals surface area contributed by atoms with Crippen molar-refractivity contribution in [3.05, 3.63) is 12.3 Å². The summed E-state index contributed by atoms with van der Waals surface area (Å²) in [6.45, 7) is -0.204. The minimum absolute atomic E-state index is 0.204. The third-order valence-corrected chi connectivity index (χ3v) is 1.97. The molecule has 0 atom stereocenters. The first-order chi connectivity index (χ1) is 7.56. The lowest BCUT2D eigenvalue weighted by atomic mass is 10.3. The number of hydrogen-bond donors (Lipinski definition) is 1. The molecule has 0 amide bonds. The van der Waals surface area contributed by atoms with Crippen LogP contribution in [0.1, 0.15) is 0 Å². The average molecular weight is 225 g/mol. The van der Waals surface area contributed by atoms with Crippen molar-refractivity contribution in [2.24, 2.45) is 0 Å². The number of rotatable bonds is 4. The number of nitrogens with two attached hydrogens (primary N) is 1. The number of carbonyl (C=O) groups excluding carboxylic acids is 1. The Balaban J connectivity index is 2.81. The van der Waals surface area contributed by atoms with E-state index in [0.717, 1.165) is 5.69 Å². The molecule has 0 bridgehead atoms. The predicted octanol–water partition coefficient (Wildman–Crippen LogP) is 0.282. The van der Waals surface area contributed by atoms with Gasteiger partial charge in [0.1, 0.15) is 5.69 Å². The fraction of sp³-hybridized carbons (Fsp3) is 0.400. The normalized spacial score (nSPS) is 9.69. The highest BCUT2D eigenvalue weighted by molar-refractivity contribution is 5.73. The van der Waals surface area contributed by atoms with E-state index < -0.39 is 5.97 Å². The van der Waals surface area contributed by atoms with Gasteiger partial charge < -0.3 is 20.1 Å². The molecular weight excluding hydrogens is 210 g/mol. The zero-order chi connectivity index (χ0) is 12.1. The molecule has 1 aromatic rings. The third kappa shape index (κ3) is 2.75. The summed E-state index contributed by atoms with van der Waals surface area (Å²) in [7, 11) is 5.00. The molecular formula is C10H15N3O3.